The molecule has 0 aliphatic carbocycles. The lowest BCUT2D eigenvalue weighted by atomic mass is 10.0. The van der Waals surface area contributed by atoms with Crippen molar-refractivity contribution in [3.63, 3.8) is 0 Å². The van der Waals surface area contributed by atoms with Crippen molar-refractivity contribution in [2.75, 3.05) is 89.1 Å². The minimum absolute atomic E-state index is 0.153. The van der Waals surface area contributed by atoms with E-state index in [1.54, 1.807) is 14.2 Å². The number of aliphatic hydroxyl groups excluding tert-OH is 2. The fourth-order valence-corrected chi connectivity index (χ4v) is 9.71. The molecule has 0 aliphatic heterocycles. The van der Waals surface area contributed by atoms with Crippen LogP contribution >= 0.6 is 0 Å². The van der Waals surface area contributed by atoms with Gasteiger partial charge in [-0.05, 0) is 161 Å². The van der Waals surface area contributed by atoms with Gasteiger partial charge in [-0.15, -0.1) is 0 Å². The minimum Gasteiger partial charge on any atom is -0.490 e. The number of benzene rings is 5. The number of nitrogens with zero attached hydrogens (tertiary/aromatic N) is 1. The van der Waals surface area contributed by atoms with Gasteiger partial charge in [-0.25, -0.2) is 0 Å². The van der Waals surface area contributed by atoms with Gasteiger partial charge in [-0.3, -0.25) is 0 Å². The Bertz CT molecular complexity index is 3770. The number of nitrogen functional groups attached to an aromatic ring is 5. The predicted molar refractivity (Wildman–Crippen MR) is 333 cm³/mol. The number of aryl methyl sites for hydroxylation is 7. The van der Waals surface area contributed by atoms with Gasteiger partial charge in [-0.1, -0.05) is 12.1 Å². The first-order valence-corrected chi connectivity index (χ1v) is 27.1. The molecule has 6 heterocycles. The van der Waals surface area contributed by atoms with Crippen LogP contribution in [0.3, 0.4) is 0 Å². The van der Waals surface area contributed by atoms with Crippen LogP contribution in [0.15, 0.2) is 110 Å². The van der Waals surface area contributed by atoms with Gasteiger partial charge in [0.1, 0.15) is 37.1 Å². The first-order valence-electron chi connectivity index (χ1n) is 27.1. The lowest BCUT2D eigenvalue weighted by Crippen LogP contribution is -2.06. The molecule has 0 saturated carbocycles. The third-order valence-corrected chi connectivity index (χ3v) is 14.3. The number of anilines is 5. The van der Waals surface area contributed by atoms with Crippen LogP contribution in [-0.2, 0) is 28.9 Å². The Hall–Kier alpha value is -8.68. The molecule has 0 atom stereocenters. The molecule has 0 amide bonds. The summed E-state index contributed by atoms with van der Waals surface area (Å²) in [6.45, 7) is 16.4. The Labute approximate surface area is 472 Å². The zero-order chi connectivity index (χ0) is 58.2. The molecule has 81 heavy (non-hydrogen) atoms. The van der Waals surface area contributed by atoms with E-state index in [0.29, 0.717) is 39.5 Å². The van der Waals surface area contributed by atoms with E-state index in [4.69, 9.17) is 62.6 Å². The number of aromatic nitrogens is 6. The van der Waals surface area contributed by atoms with Crippen molar-refractivity contribution in [2.45, 2.75) is 67.3 Å². The third kappa shape index (κ3) is 14.4. The Balaban J connectivity index is 0.000000147. The zero-order valence-electron chi connectivity index (χ0n) is 47.9. The summed E-state index contributed by atoms with van der Waals surface area (Å²) in [5, 5.41) is 23.0. The van der Waals surface area contributed by atoms with Crippen LogP contribution in [0.1, 0.15) is 51.2 Å². The molecule has 0 unspecified atom stereocenters. The van der Waals surface area contributed by atoms with Crippen molar-refractivity contribution < 1.29 is 33.9 Å². The van der Waals surface area contributed by atoms with E-state index in [1.807, 2.05) is 124 Å². The highest BCUT2D eigenvalue weighted by Gasteiger charge is 2.15. The second kappa shape index (κ2) is 28.5. The normalized spacial score (nSPS) is 11.0. The Kier molecular flexibility index (Phi) is 21.1. The summed E-state index contributed by atoms with van der Waals surface area (Å²) in [5.74, 6) is 2.49. The largest absolute Gasteiger partial charge is 0.490 e. The van der Waals surface area contributed by atoms with E-state index in [1.165, 1.54) is 27.8 Å². The van der Waals surface area contributed by atoms with Gasteiger partial charge in [0.25, 0.3) is 0 Å². The molecule has 18 nitrogen and oxygen atoms in total. The number of nitrogens with two attached hydrogens (primary N) is 5. The van der Waals surface area contributed by atoms with Crippen molar-refractivity contribution in [3.8, 4) is 17.2 Å². The van der Waals surface area contributed by atoms with Crippen LogP contribution in [0, 0.1) is 41.5 Å². The molecule has 0 spiro atoms. The van der Waals surface area contributed by atoms with Gasteiger partial charge in [0, 0.05) is 125 Å². The molecule has 0 aliphatic rings. The van der Waals surface area contributed by atoms with Crippen molar-refractivity contribution in [1.82, 2.24) is 29.5 Å². The summed E-state index contributed by atoms with van der Waals surface area (Å²) in [7, 11) is 3.31. The second-order valence-electron chi connectivity index (χ2n) is 19.8. The maximum Gasteiger partial charge on any atom is 0.143 e. The minimum atomic E-state index is 0.153. The summed E-state index contributed by atoms with van der Waals surface area (Å²) in [4.78, 5) is 16.2. The molecule has 5 aromatic carbocycles. The molecule has 17 N–H and O–H groups in total. The Morgan fingerprint density at radius 1 is 0.457 bits per heavy atom. The van der Waals surface area contributed by atoms with Crippen LogP contribution in [0.5, 0.6) is 17.2 Å². The van der Waals surface area contributed by atoms with Crippen molar-refractivity contribution >= 4 is 83.0 Å². The van der Waals surface area contributed by atoms with Gasteiger partial charge in [0.2, 0.25) is 0 Å². The Morgan fingerprint density at radius 2 is 0.901 bits per heavy atom. The number of aliphatic hydroxyl groups is 2. The number of hydrogen-bond acceptors (Lipinski definition) is 12. The quantitative estimate of drug-likeness (QED) is 0.0299. The number of ether oxygens (including phenoxy) is 5. The van der Waals surface area contributed by atoms with E-state index in [-0.39, 0.29) is 13.2 Å². The first-order chi connectivity index (χ1) is 39.1. The van der Waals surface area contributed by atoms with Crippen molar-refractivity contribution in [3.05, 3.63) is 155 Å². The number of methoxy groups -OCH3 is 2. The molecular formula is C63H81N11O7. The van der Waals surface area contributed by atoms with Crippen LogP contribution in [-0.4, -0.2) is 100 Å². The molecule has 0 radical (unpaired) electrons. The number of nitrogens with one attached hydrogen (secondary N) is 5. The highest BCUT2D eigenvalue weighted by Crippen LogP contribution is 2.36. The highest BCUT2D eigenvalue weighted by atomic mass is 16.5. The van der Waals surface area contributed by atoms with Crippen LogP contribution in [0.2, 0.25) is 0 Å². The van der Waals surface area contributed by atoms with Gasteiger partial charge in [-0.2, -0.15) is 0 Å². The number of H-pyrrole nitrogens is 5. The van der Waals surface area contributed by atoms with Gasteiger partial charge >= 0.3 is 0 Å². The molecule has 11 aromatic rings. The topological polar surface area (TPSA) is 301 Å². The summed E-state index contributed by atoms with van der Waals surface area (Å²) >= 11 is 0. The molecule has 430 valence electrons. The number of fused-ring (bicyclic) bond motifs is 5. The predicted octanol–water partition coefficient (Wildman–Crippen LogP) is 11.0. The highest BCUT2D eigenvalue weighted by molar-refractivity contribution is 6.00. The van der Waals surface area contributed by atoms with Gasteiger partial charge in [0.05, 0.1) is 47.3 Å². The summed E-state index contributed by atoms with van der Waals surface area (Å²) in [5.41, 5.74) is 48.0. The van der Waals surface area contributed by atoms with Gasteiger partial charge < -0.3 is 92.1 Å². The SMILES string of the molecule is COCCOc1ccc(N)c2c(C)c(C)[nH]c12.COCCOc1ccc(N)c2cc[nH]c12.Cc1[nH]c2c(OCCn3cccc3)ccc(N)c2c1C.Cc1ccc(N)c2c(CCCO)c[nH]c12.Cc1ccc(N)c2c(CCO)c[nH]c12. The molecular weight excluding hydrogens is 1020 g/mol. The van der Waals surface area contributed by atoms with Crippen LogP contribution in [0.25, 0.3) is 54.5 Å². The fourth-order valence-electron chi connectivity index (χ4n) is 9.71. The second-order valence-corrected chi connectivity index (χ2v) is 19.8. The maximum atomic E-state index is 8.90. The van der Waals surface area contributed by atoms with E-state index in [2.05, 4.69) is 57.2 Å². The number of rotatable bonds is 17. The number of aromatic amines is 5. The maximum absolute atomic E-state index is 8.90. The average molecular weight is 1100 g/mol. The first kappa shape index (κ1) is 60.0. The molecule has 0 bridgehead atoms. The molecule has 0 fully saturated rings. The summed E-state index contributed by atoms with van der Waals surface area (Å²) < 4.78 is 29.1. The van der Waals surface area contributed by atoms with Gasteiger partial charge in [0.15, 0.2) is 0 Å². The van der Waals surface area contributed by atoms with E-state index in [9.17, 15) is 0 Å². The average Bonchev–Trinajstić information content (AvgIpc) is 4.40. The van der Waals surface area contributed by atoms with Crippen molar-refractivity contribution in [2.24, 2.45) is 0 Å². The lowest BCUT2D eigenvalue weighted by Gasteiger charge is -2.09. The molecule has 6 aromatic heterocycles. The Morgan fingerprint density at radius 3 is 1.38 bits per heavy atom. The third-order valence-electron chi connectivity index (χ3n) is 14.3. The van der Waals surface area contributed by atoms with Crippen LogP contribution in [0.4, 0.5) is 28.4 Å². The fraction of sp³-hybridized carbons (Fsp3) is 0.302. The smallest absolute Gasteiger partial charge is 0.143 e. The molecule has 0 saturated heterocycles. The standard InChI is InChI=1S/C16H19N3O.C13H18N2O2.C12H16N2O.C11H14N2O2.C11H14N2O/c1-11-12(2)18-16-14(6-5-13(17)15(11)16)20-10-9-19-7-3-4-8-19;1-8-9(2)15-13-11(17-7-6-16-3)5-4-10(14)12(8)13;1-8-4-5-10(13)11-9(3-2-6-15)7-14-12(8)11;1-14-6-7-15-10-3-2-9(12)8-4-5-13-11(8)10;1-7-2-3-9(12)10-8(4-5-14)6-13-11(7)10/h3-8,18H,9-10,17H2,1-2H3;4-5,15H,6-7,14H2,1-3H3;4-5,7,14-15H,2-3,6,13H2,1H3;2-5,13H,6-7,12H2,1H3;2-3,6,13-14H,4-5,12H2,1H3. The van der Waals surface area contributed by atoms with Crippen LogP contribution < -0.4 is 42.9 Å². The summed E-state index contributed by atoms with van der Waals surface area (Å²) in [6, 6.07) is 25.2. The van der Waals surface area contributed by atoms with E-state index in [0.717, 1.165) is 137 Å². The van der Waals surface area contributed by atoms with Crippen molar-refractivity contribution in [1.29, 1.82) is 0 Å². The monoisotopic (exact) mass is 1100 g/mol. The lowest BCUT2D eigenvalue weighted by molar-refractivity contribution is 0.147. The summed E-state index contributed by atoms with van der Waals surface area (Å²) in [6.07, 6.45) is 12.1. The molecule has 11 rings (SSSR count). The van der Waals surface area contributed by atoms with E-state index < -0.39 is 0 Å². The molecule has 18 heteroatoms. The van der Waals surface area contributed by atoms with E-state index >= 15 is 0 Å². The zero-order valence-corrected chi connectivity index (χ0v) is 47.9. The number of hydrogen-bond donors (Lipinski definition) is 12.